The molecule has 0 aromatic rings. The predicted octanol–water partition coefficient (Wildman–Crippen LogP) is 2.90. The summed E-state index contributed by atoms with van der Waals surface area (Å²) in [6.07, 6.45) is -4.25. The van der Waals surface area contributed by atoms with Gasteiger partial charge >= 0.3 is 39.2 Å². The van der Waals surface area contributed by atoms with Crippen LogP contribution in [0, 0.1) is 0 Å². The summed E-state index contributed by atoms with van der Waals surface area (Å²) in [6, 6.07) is 0. The Labute approximate surface area is 170 Å². The summed E-state index contributed by atoms with van der Waals surface area (Å²) in [7, 11) is -6.19. The van der Waals surface area contributed by atoms with Crippen LogP contribution in [0.3, 0.4) is 0 Å². The molecule has 0 radical (unpaired) electrons. The van der Waals surface area contributed by atoms with Gasteiger partial charge < -0.3 is 14.4 Å². The van der Waals surface area contributed by atoms with Gasteiger partial charge in [0.2, 0.25) is 0 Å². The number of halogens is 5. The minimum atomic E-state index is -6.19. The quantitative estimate of drug-likeness (QED) is 0.145. The number of ether oxygens (including phenoxy) is 2. The van der Waals surface area contributed by atoms with Crippen LogP contribution in [0.5, 0.6) is 0 Å². The Morgan fingerprint density at radius 1 is 1.07 bits per heavy atom. The number of alkyl halides is 5. The maximum Gasteiger partial charge on any atom is 0.466 e. The summed E-state index contributed by atoms with van der Waals surface area (Å²) in [4.78, 5) is 24.9. The lowest BCUT2D eigenvalue weighted by Crippen LogP contribution is -2.63. The molecule has 0 spiro atoms. The second-order valence-corrected chi connectivity index (χ2v) is 7.69. The van der Waals surface area contributed by atoms with E-state index in [0.717, 1.165) is 0 Å². The molecule has 30 heavy (non-hydrogen) atoms. The molecule has 0 saturated carbocycles. The second kappa shape index (κ2) is 11.0. The molecule has 0 fully saturated rings. The molecule has 0 aromatic carbocycles. The van der Waals surface area contributed by atoms with E-state index in [4.69, 9.17) is 4.55 Å². The Kier molecular flexibility index (Phi) is 10.3. The molecule has 0 bridgehead atoms. The summed E-state index contributed by atoms with van der Waals surface area (Å²) < 4.78 is 107. The minimum Gasteiger partial charge on any atom is -0.412 e. The summed E-state index contributed by atoms with van der Waals surface area (Å²) in [5, 5.41) is -5.22. The van der Waals surface area contributed by atoms with Crippen molar-refractivity contribution in [2.45, 2.75) is 56.7 Å². The van der Waals surface area contributed by atoms with E-state index in [9.17, 15) is 40.0 Å². The van der Waals surface area contributed by atoms with Crippen molar-refractivity contribution in [3.05, 3.63) is 12.7 Å². The molecule has 0 aliphatic heterocycles. The number of hydrogen-bond acceptors (Lipinski definition) is 6. The van der Waals surface area contributed by atoms with Crippen molar-refractivity contribution in [3.63, 3.8) is 0 Å². The van der Waals surface area contributed by atoms with E-state index in [0.29, 0.717) is 17.7 Å². The molecule has 0 heterocycles. The Bertz CT molecular complexity index is 703. The number of esters is 1. The normalized spacial score (nSPS) is 14.7. The number of carbonyl (C=O) groups excluding carboxylic acids is 2. The molecule has 176 valence electrons. The first kappa shape index (κ1) is 28.2. The van der Waals surface area contributed by atoms with Gasteiger partial charge in [0.1, 0.15) is 6.61 Å². The first-order valence-electron chi connectivity index (χ1n) is 8.79. The van der Waals surface area contributed by atoms with E-state index in [-0.39, 0.29) is 32.0 Å². The van der Waals surface area contributed by atoms with Crippen molar-refractivity contribution in [1.29, 1.82) is 0 Å². The minimum absolute atomic E-state index is 0.236. The van der Waals surface area contributed by atoms with E-state index < -0.39 is 45.8 Å². The van der Waals surface area contributed by atoms with Crippen molar-refractivity contribution < 1.29 is 54.0 Å². The average molecular weight is 469 g/mol. The molecule has 1 amide bonds. The van der Waals surface area contributed by atoms with Crippen molar-refractivity contribution >= 4 is 22.0 Å². The van der Waals surface area contributed by atoms with Crippen LogP contribution in [0.25, 0.3) is 0 Å². The highest BCUT2D eigenvalue weighted by molar-refractivity contribution is 7.86. The van der Waals surface area contributed by atoms with Gasteiger partial charge in [-0.05, 0) is 12.8 Å². The first-order valence-corrected chi connectivity index (χ1v) is 10.2. The van der Waals surface area contributed by atoms with Crippen LogP contribution >= 0.6 is 0 Å². The zero-order valence-electron chi connectivity index (χ0n) is 16.4. The number of carbonyl (C=O) groups is 2. The van der Waals surface area contributed by atoms with Gasteiger partial charge in [-0.25, -0.2) is 4.79 Å². The third-order valence-corrected chi connectivity index (χ3v) is 4.61. The monoisotopic (exact) mass is 469 g/mol. The largest absolute Gasteiger partial charge is 0.466 e. The topological polar surface area (TPSA) is 110 Å². The fourth-order valence-corrected chi connectivity index (χ4v) is 2.27. The third-order valence-electron chi connectivity index (χ3n) is 3.74. The molecule has 0 saturated heterocycles. The standard InChI is InChI=1S/C16H24F5NO7S/c1-4-7-9-22(10-8-5-2)13(24)15(16(19,20)21,29-12(23)6-3)28-11-14(17,18)30(25,26)27/h6H,3-5,7-11H2,1-2H3,(H,25,26,27). The highest BCUT2D eigenvalue weighted by Gasteiger charge is 2.68. The first-order chi connectivity index (χ1) is 13.6. The zero-order chi connectivity index (χ0) is 23.8. The second-order valence-electron chi connectivity index (χ2n) is 6.14. The van der Waals surface area contributed by atoms with Crippen molar-refractivity contribution in [2.24, 2.45) is 0 Å². The molecule has 8 nitrogen and oxygen atoms in total. The predicted molar refractivity (Wildman–Crippen MR) is 93.9 cm³/mol. The maximum absolute atomic E-state index is 13.9. The molecule has 1 unspecified atom stereocenters. The van der Waals surface area contributed by atoms with Crippen molar-refractivity contribution in [2.75, 3.05) is 19.7 Å². The van der Waals surface area contributed by atoms with Crippen LogP contribution in [-0.4, -0.2) is 66.7 Å². The lowest BCUT2D eigenvalue weighted by Gasteiger charge is -2.37. The molecule has 0 aromatic heterocycles. The Balaban J connectivity index is 6.36. The SMILES string of the molecule is C=CC(=O)OC(OCC(F)(F)S(=O)(=O)O)(C(=O)N(CCCC)CCCC)C(F)(F)F. The van der Waals surface area contributed by atoms with E-state index >= 15 is 0 Å². The molecule has 1 N–H and O–H groups in total. The Morgan fingerprint density at radius 3 is 1.87 bits per heavy atom. The molecule has 1 atom stereocenters. The van der Waals surface area contributed by atoms with Crippen molar-refractivity contribution in [3.8, 4) is 0 Å². The lowest BCUT2D eigenvalue weighted by molar-refractivity contribution is -0.355. The highest BCUT2D eigenvalue weighted by atomic mass is 32.2. The highest BCUT2D eigenvalue weighted by Crippen LogP contribution is 2.39. The summed E-state index contributed by atoms with van der Waals surface area (Å²) >= 11 is 0. The van der Waals surface area contributed by atoms with Gasteiger partial charge in [-0.2, -0.15) is 30.4 Å². The van der Waals surface area contributed by atoms with Crippen LogP contribution < -0.4 is 0 Å². The van der Waals surface area contributed by atoms with Gasteiger partial charge in [-0.3, -0.25) is 9.35 Å². The zero-order valence-corrected chi connectivity index (χ0v) is 17.2. The fraction of sp³-hybridized carbons (Fsp3) is 0.750. The number of hydrogen-bond donors (Lipinski definition) is 1. The summed E-state index contributed by atoms with van der Waals surface area (Å²) in [5.41, 5.74) is 0. The van der Waals surface area contributed by atoms with Gasteiger partial charge in [0, 0.05) is 19.2 Å². The molecule has 0 aliphatic carbocycles. The van der Waals surface area contributed by atoms with Crippen LogP contribution in [-0.2, 0) is 29.2 Å². The molecule has 0 aliphatic rings. The number of nitrogens with zero attached hydrogens (tertiary/aromatic N) is 1. The molecule has 0 rings (SSSR count). The Morgan fingerprint density at radius 2 is 1.53 bits per heavy atom. The number of rotatable bonds is 13. The third kappa shape index (κ3) is 7.16. The van der Waals surface area contributed by atoms with Gasteiger partial charge in [0.05, 0.1) is 0 Å². The Hall–Kier alpha value is -1.80. The fourth-order valence-electron chi connectivity index (χ4n) is 2.06. The van der Waals surface area contributed by atoms with Crippen LogP contribution in [0.1, 0.15) is 39.5 Å². The molecule has 14 heteroatoms. The maximum atomic E-state index is 13.9. The van der Waals surface area contributed by atoms with Gasteiger partial charge in [-0.15, -0.1) is 0 Å². The van der Waals surface area contributed by atoms with Crippen LogP contribution in [0.2, 0.25) is 0 Å². The van der Waals surface area contributed by atoms with E-state index in [1.807, 2.05) is 0 Å². The average Bonchev–Trinajstić information content (AvgIpc) is 2.62. The van der Waals surface area contributed by atoms with Crippen molar-refractivity contribution in [1.82, 2.24) is 4.90 Å². The lowest BCUT2D eigenvalue weighted by atomic mass is 10.1. The van der Waals surface area contributed by atoms with Crippen LogP contribution in [0.15, 0.2) is 12.7 Å². The van der Waals surface area contributed by atoms with E-state index in [1.165, 1.54) is 0 Å². The van der Waals surface area contributed by atoms with Gasteiger partial charge in [0.15, 0.2) is 0 Å². The summed E-state index contributed by atoms with van der Waals surface area (Å²) in [6.45, 7) is 3.14. The molecular weight excluding hydrogens is 445 g/mol. The number of unbranched alkanes of at least 4 members (excludes halogenated alkanes) is 2. The van der Waals surface area contributed by atoms with Gasteiger partial charge in [0.25, 0.3) is 0 Å². The van der Waals surface area contributed by atoms with Crippen LogP contribution in [0.4, 0.5) is 22.0 Å². The summed E-state index contributed by atoms with van der Waals surface area (Å²) in [5.74, 6) is -8.42. The van der Waals surface area contributed by atoms with Gasteiger partial charge in [-0.1, -0.05) is 33.3 Å². The molecular formula is C16H24F5NO7S. The van der Waals surface area contributed by atoms with E-state index in [2.05, 4.69) is 16.1 Å². The number of amides is 1. The smallest absolute Gasteiger partial charge is 0.412 e. The van der Waals surface area contributed by atoms with E-state index in [1.54, 1.807) is 13.8 Å².